The van der Waals surface area contributed by atoms with Gasteiger partial charge >= 0.3 is 0 Å². The van der Waals surface area contributed by atoms with Crippen LogP contribution in [0.15, 0.2) is 6.33 Å². The van der Waals surface area contributed by atoms with Crippen molar-refractivity contribution in [1.29, 1.82) is 0 Å². The number of hydrogen-bond donors (Lipinski definition) is 1. The molecule has 2 heterocycles. The van der Waals surface area contributed by atoms with Gasteiger partial charge in [0.2, 0.25) is 0 Å². The summed E-state index contributed by atoms with van der Waals surface area (Å²) in [6.07, 6.45) is 6.96. The van der Waals surface area contributed by atoms with Crippen molar-refractivity contribution in [3.63, 3.8) is 0 Å². The molecule has 2 aliphatic rings. The van der Waals surface area contributed by atoms with Crippen molar-refractivity contribution in [3.8, 4) is 0 Å². The first-order chi connectivity index (χ1) is 8.33. The quantitative estimate of drug-likeness (QED) is 0.752. The van der Waals surface area contributed by atoms with Crippen molar-refractivity contribution in [1.82, 2.24) is 25.0 Å². The zero-order valence-corrected chi connectivity index (χ0v) is 10.6. The summed E-state index contributed by atoms with van der Waals surface area (Å²) in [5.74, 6) is 1.01. The molecule has 1 N–H and O–H groups in total. The summed E-state index contributed by atoms with van der Waals surface area (Å²) < 4.78 is 2.09. The number of thiocarbonyl (C=S) groups is 1. The van der Waals surface area contributed by atoms with E-state index < -0.39 is 0 Å². The molecule has 0 bridgehead atoms. The zero-order valence-electron chi connectivity index (χ0n) is 9.80. The van der Waals surface area contributed by atoms with E-state index in [9.17, 15) is 0 Å². The van der Waals surface area contributed by atoms with E-state index >= 15 is 0 Å². The highest BCUT2D eigenvalue weighted by Gasteiger charge is 2.22. The van der Waals surface area contributed by atoms with Crippen molar-refractivity contribution >= 4 is 17.3 Å². The third-order valence-corrected chi connectivity index (χ3v) is 3.98. The summed E-state index contributed by atoms with van der Waals surface area (Å²) in [6.45, 7) is 2.65. The first kappa shape index (κ1) is 11.0. The highest BCUT2D eigenvalue weighted by atomic mass is 32.1. The molecule has 0 spiro atoms. The third-order valence-electron chi connectivity index (χ3n) is 3.61. The van der Waals surface area contributed by atoms with Crippen LogP contribution in [0.1, 0.15) is 31.5 Å². The van der Waals surface area contributed by atoms with Gasteiger partial charge in [0.05, 0.1) is 6.54 Å². The maximum atomic E-state index is 5.47. The highest BCUT2D eigenvalue weighted by Crippen LogP contribution is 2.18. The molecule has 1 aromatic heterocycles. The van der Waals surface area contributed by atoms with Crippen LogP contribution in [0.25, 0.3) is 0 Å². The average Bonchev–Trinajstić information content (AvgIpc) is 2.97. The summed E-state index contributed by atoms with van der Waals surface area (Å²) >= 11 is 5.47. The Morgan fingerprint density at radius 3 is 3.00 bits per heavy atom. The molecule has 1 aliphatic carbocycles. The minimum Gasteiger partial charge on any atom is -0.360 e. The molecule has 0 radical (unpaired) electrons. The predicted molar refractivity (Wildman–Crippen MR) is 68.4 cm³/mol. The van der Waals surface area contributed by atoms with E-state index in [4.69, 9.17) is 12.2 Å². The molecule has 1 fully saturated rings. The van der Waals surface area contributed by atoms with E-state index in [0.717, 1.165) is 30.6 Å². The van der Waals surface area contributed by atoms with Crippen LogP contribution in [0.3, 0.4) is 0 Å². The van der Waals surface area contributed by atoms with E-state index in [0.29, 0.717) is 6.04 Å². The lowest BCUT2D eigenvalue weighted by Crippen LogP contribution is -2.46. The molecular formula is C11H17N5S. The van der Waals surface area contributed by atoms with Crippen molar-refractivity contribution < 1.29 is 0 Å². The summed E-state index contributed by atoms with van der Waals surface area (Å²) in [7, 11) is 0. The normalized spacial score (nSPS) is 20.4. The van der Waals surface area contributed by atoms with Gasteiger partial charge in [-0.15, -0.1) is 10.2 Å². The second-order valence-corrected chi connectivity index (χ2v) is 5.18. The van der Waals surface area contributed by atoms with E-state index in [2.05, 4.69) is 25.0 Å². The monoisotopic (exact) mass is 251 g/mol. The minimum atomic E-state index is 0.585. The molecule has 1 aromatic rings. The second kappa shape index (κ2) is 4.60. The molecule has 0 saturated heterocycles. The van der Waals surface area contributed by atoms with Crippen molar-refractivity contribution in [2.24, 2.45) is 0 Å². The van der Waals surface area contributed by atoms with Crippen molar-refractivity contribution in [3.05, 3.63) is 12.2 Å². The lowest BCUT2D eigenvalue weighted by Gasteiger charge is -2.30. The highest BCUT2D eigenvalue weighted by molar-refractivity contribution is 7.80. The maximum absolute atomic E-state index is 5.47. The van der Waals surface area contributed by atoms with Gasteiger partial charge in [-0.05, 0) is 25.1 Å². The molecule has 3 rings (SSSR count). The van der Waals surface area contributed by atoms with Gasteiger partial charge in [-0.25, -0.2) is 0 Å². The smallest absolute Gasteiger partial charge is 0.169 e. The summed E-state index contributed by atoms with van der Waals surface area (Å²) in [5.41, 5.74) is 0. The second-order valence-electron chi connectivity index (χ2n) is 4.79. The van der Waals surface area contributed by atoms with Gasteiger partial charge in [0.1, 0.15) is 6.33 Å². The Balaban J connectivity index is 1.60. The van der Waals surface area contributed by atoms with E-state index in [1.165, 1.54) is 25.7 Å². The van der Waals surface area contributed by atoms with Crippen molar-refractivity contribution in [2.45, 2.75) is 44.8 Å². The van der Waals surface area contributed by atoms with Crippen LogP contribution >= 0.6 is 12.2 Å². The standard InChI is InChI=1S/C11H17N5S/c17-11(13-9-3-1-2-4-9)15-5-6-16-8-12-14-10(16)7-15/h8-9H,1-7H2,(H,13,17). The first-order valence-electron chi connectivity index (χ1n) is 6.25. The number of rotatable bonds is 1. The van der Waals surface area contributed by atoms with Gasteiger partial charge in [-0.3, -0.25) is 0 Å². The average molecular weight is 251 g/mol. The Hall–Kier alpha value is -1.17. The zero-order chi connectivity index (χ0) is 11.7. The van der Waals surface area contributed by atoms with E-state index in [1.807, 2.05) is 0 Å². The Morgan fingerprint density at radius 2 is 2.18 bits per heavy atom. The number of nitrogens with zero attached hydrogens (tertiary/aromatic N) is 4. The van der Waals surface area contributed by atoms with E-state index in [1.54, 1.807) is 6.33 Å². The minimum absolute atomic E-state index is 0.585. The number of aromatic nitrogens is 3. The summed E-state index contributed by atoms with van der Waals surface area (Å²) in [5, 5.41) is 12.4. The summed E-state index contributed by atoms with van der Waals surface area (Å²) in [4.78, 5) is 2.19. The number of nitrogens with one attached hydrogen (secondary N) is 1. The lowest BCUT2D eigenvalue weighted by atomic mass is 10.2. The largest absolute Gasteiger partial charge is 0.360 e. The molecule has 5 nitrogen and oxygen atoms in total. The van der Waals surface area contributed by atoms with Gasteiger partial charge < -0.3 is 14.8 Å². The van der Waals surface area contributed by atoms with Gasteiger partial charge in [-0.1, -0.05) is 12.8 Å². The molecule has 1 aliphatic heterocycles. The topological polar surface area (TPSA) is 46.0 Å². The third kappa shape index (κ3) is 2.26. The van der Waals surface area contributed by atoms with Crippen molar-refractivity contribution in [2.75, 3.05) is 6.54 Å². The Bertz CT molecular complexity index is 410. The Morgan fingerprint density at radius 1 is 1.35 bits per heavy atom. The predicted octanol–water partition coefficient (Wildman–Crippen LogP) is 0.911. The molecule has 0 unspecified atom stereocenters. The molecule has 6 heteroatoms. The van der Waals surface area contributed by atoms with Crippen LogP contribution in [0, 0.1) is 0 Å². The molecule has 17 heavy (non-hydrogen) atoms. The Labute approximate surface area is 106 Å². The lowest BCUT2D eigenvalue weighted by molar-refractivity contribution is 0.322. The van der Waals surface area contributed by atoms with Crippen LogP contribution in [0.4, 0.5) is 0 Å². The van der Waals surface area contributed by atoms with Gasteiger partial charge in [0, 0.05) is 19.1 Å². The molecular weight excluding hydrogens is 234 g/mol. The van der Waals surface area contributed by atoms with Crippen LogP contribution in [0.5, 0.6) is 0 Å². The maximum Gasteiger partial charge on any atom is 0.169 e. The number of fused-ring (bicyclic) bond motifs is 1. The van der Waals surface area contributed by atoms with Crippen LogP contribution < -0.4 is 5.32 Å². The van der Waals surface area contributed by atoms with Crippen LogP contribution in [-0.2, 0) is 13.1 Å². The van der Waals surface area contributed by atoms with Gasteiger partial charge in [0.25, 0.3) is 0 Å². The summed E-state index contributed by atoms with van der Waals surface area (Å²) in [6, 6.07) is 0.585. The molecule has 92 valence electrons. The fourth-order valence-corrected chi connectivity index (χ4v) is 2.90. The molecule has 0 amide bonds. The SMILES string of the molecule is S=C(NC1CCCC1)N1CCn2cnnc2C1. The molecule has 0 atom stereocenters. The first-order valence-corrected chi connectivity index (χ1v) is 6.66. The fourth-order valence-electron chi connectivity index (χ4n) is 2.58. The van der Waals surface area contributed by atoms with Crippen LogP contribution in [0.2, 0.25) is 0 Å². The van der Waals surface area contributed by atoms with Gasteiger partial charge in [-0.2, -0.15) is 0 Å². The molecule has 0 aromatic carbocycles. The Kier molecular flexibility index (Phi) is 2.96. The fraction of sp³-hybridized carbons (Fsp3) is 0.727. The van der Waals surface area contributed by atoms with E-state index in [-0.39, 0.29) is 0 Å². The molecule has 1 saturated carbocycles. The van der Waals surface area contributed by atoms with Crippen LogP contribution in [-0.4, -0.2) is 37.4 Å². The number of hydrogen-bond acceptors (Lipinski definition) is 3. The van der Waals surface area contributed by atoms with Gasteiger partial charge in [0.15, 0.2) is 10.9 Å².